The lowest BCUT2D eigenvalue weighted by atomic mass is 9.93. The molecule has 0 spiro atoms. The molecule has 8 nitrogen and oxygen atoms in total. The van der Waals surface area contributed by atoms with Crippen LogP contribution in [0.15, 0.2) is 53.7 Å². The van der Waals surface area contributed by atoms with Crippen LogP contribution in [-0.2, 0) is 9.53 Å². The summed E-state index contributed by atoms with van der Waals surface area (Å²) in [5.74, 6) is -1.65. The molecular formula is C24H21N3O5. The zero-order chi connectivity index (χ0) is 22.7. The van der Waals surface area contributed by atoms with Crippen molar-refractivity contribution in [3.8, 4) is 5.75 Å². The number of nitrogens with one attached hydrogen (secondary N) is 1. The maximum absolute atomic E-state index is 12.7. The molecule has 0 bridgehead atoms. The summed E-state index contributed by atoms with van der Waals surface area (Å²) < 4.78 is 10.3. The van der Waals surface area contributed by atoms with Crippen LogP contribution >= 0.6 is 0 Å². The second-order valence-electron chi connectivity index (χ2n) is 7.04. The van der Waals surface area contributed by atoms with E-state index >= 15 is 0 Å². The molecule has 0 aliphatic carbocycles. The molecule has 162 valence electrons. The van der Waals surface area contributed by atoms with Crippen LogP contribution in [0.1, 0.15) is 34.6 Å². The molecule has 3 aromatic rings. The van der Waals surface area contributed by atoms with Crippen molar-refractivity contribution in [2.45, 2.75) is 13.8 Å². The number of aliphatic imine (C=N–C) groups is 1. The number of fused-ring (bicyclic) bond motifs is 3. The Kier molecular flexibility index (Phi) is 5.93. The molecule has 2 heterocycles. The number of amides is 1. The number of pyridine rings is 1. The summed E-state index contributed by atoms with van der Waals surface area (Å²) in [6.45, 7) is 4.33. The normalized spacial score (nSPS) is 14.7. The first-order chi connectivity index (χ1) is 15.5. The Hall–Kier alpha value is -4.07. The zero-order valence-electron chi connectivity index (χ0n) is 17.6. The summed E-state index contributed by atoms with van der Waals surface area (Å²) in [6.07, 6.45) is 2.72. The smallest absolute Gasteiger partial charge is 0.322 e. The van der Waals surface area contributed by atoms with Crippen molar-refractivity contribution in [1.82, 2.24) is 4.98 Å². The van der Waals surface area contributed by atoms with E-state index in [4.69, 9.17) is 9.47 Å². The van der Waals surface area contributed by atoms with Gasteiger partial charge in [-0.05, 0) is 50.2 Å². The van der Waals surface area contributed by atoms with Gasteiger partial charge in [-0.15, -0.1) is 0 Å². The molecule has 0 saturated heterocycles. The second-order valence-corrected chi connectivity index (χ2v) is 7.04. The van der Waals surface area contributed by atoms with Crippen LogP contribution in [0.5, 0.6) is 5.75 Å². The molecule has 1 N–H and O–H groups in total. The summed E-state index contributed by atoms with van der Waals surface area (Å²) in [5.41, 5.74) is 2.15. The van der Waals surface area contributed by atoms with E-state index in [9.17, 15) is 14.4 Å². The highest BCUT2D eigenvalue weighted by atomic mass is 16.5. The molecule has 8 heteroatoms. The number of nitrogens with zero attached hydrogens (tertiary/aromatic N) is 2. The summed E-state index contributed by atoms with van der Waals surface area (Å²) in [7, 11) is 0. The summed E-state index contributed by atoms with van der Waals surface area (Å²) >= 11 is 0. The molecule has 2 aromatic carbocycles. The maximum atomic E-state index is 12.7. The number of ketones is 1. The molecule has 1 amide bonds. The van der Waals surface area contributed by atoms with E-state index < -0.39 is 11.9 Å². The van der Waals surface area contributed by atoms with Crippen LogP contribution < -0.4 is 10.1 Å². The first-order valence-electron chi connectivity index (χ1n) is 10.2. The molecule has 1 aromatic heterocycles. The van der Waals surface area contributed by atoms with Gasteiger partial charge >= 0.3 is 5.97 Å². The van der Waals surface area contributed by atoms with E-state index in [1.807, 2.05) is 6.92 Å². The number of hydrogen-bond donors (Lipinski definition) is 1. The van der Waals surface area contributed by atoms with Crippen molar-refractivity contribution < 1.29 is 23.9 Å². The fourth-order valence-corrected chi connectivity index (χ4v) is 3.43. The molecule has 0 fully saturated rings. The van der Waals surface area contributed by atoms with E-state index in [-0.39, 0.29) is 18.3 Å². The van der Waals surface area contributed by atoms with Crippen LogP contribution in [0.4, 0.5) is 11.4 Å². The Morgan fingerprint density at radius 1 is 1.06 bits per heavy atom. The Morgan fingerprint density at radius 2 is 1.84 bits per heavy atom. The average Bonchev–Trinajstić information content (AvgIpc) is 2.80. The third kappa shape index (κ3) is 4.07. The van der Waals surface area contributed by atoms with Crippen molar-refractivity contribution in [2.75, 3.05) is 18.5 Å². The van der Waals surface area contributed by atoms with Gasteiger partial charge in [0.15, 0.2) is 11.7 Å². The quantitative estimate of drug-likeness (QED) is 0.468. The molecule has 1 aliphatic rings. The van der Waals surface area contributed by atoms with Gasteiger partial charge in [0.1, 0.15) is 5.75 Å². The predicted octanol–water partition coefficient (Wildman–Crippen LogP) is 3.96. The number of esters is 1. The highest BCUT2D eigenvalue weighted by molar-refractivity contribution is 6.24. The fourth-order valence-electron chi connectivity index (χ4n) is 3.43. The van der Waals surface area contributed by atoms with Crippen LogP contribution in [0.25, 0.3) is 10.9 Å². The first kappa shape index (κ1) is 21.2. The predicted molar refractivity (Wildman–Crippen MR) is 120 cm³/mol. The van der Waals surface area contributed by atoms with Gasteiger partial charge in [0.2, 0.25) is 0 Å². The van der Waals surface area contributed by atoms with Crippen molar-refractivity contribution in [3.63, 3.8) is 0 Å². The monoisotopic (exact) mass is 431 g/mol. The van der Waals surface area contributed by atoms with Crippen LogP contribution in [0, 0.1) is 5.92 Å². The third-order valence-electron chi connectivity index (χ3n) is 4.95. The minimum absolute atomic E-state index is 0.185. The number of Topliss-reactive ketones (excluding diaryl/α,β-unsaturated/α-hetero) is 1. The summed E-state index contributed by atoms with van der Waals surface area (Å²) in [6, 6.07) is 12.0. The Balaban J connectivity index is 1.58. The second kappa shape index (κ2) is 8.97. The Morgan fingerprint density at radius 3 is 2.56 bits per heavy atom. The Labute approximate surface area is 184 Å². The van der Waals surface area contributed by atoms with Gasteiger partial charge in [0.25, 0.3) is 5.91 Å². The lowest BCUT2D eigenvalue weighted by Gasteiger charge is -2.17. The number of carbonyl (C=O) groups is 3. The molecule has 0 saturated carbocycles. The molecular weight excluding hydrogens is 410 g/mol. The number of rotatable bonds is 6. The van der Waals surface area contributed by atoms with Crippen LogP contribution in [0.3, 0.4) is 0 Å². The topological polar surface area (TPSA) is 107 Å². The summed E-state index contributed by atoms with van der Waals surface area (Å²) in [5, 5.41) is 3.48. The molecule has 0 radical (unpaired) electrons. The van der Waals surface area contributed by atoms with Crippen LogP contribution in [0.2, 0.25) is 0 Å². The number of carbonyl (C=O) groups excluding carboxylic acids is 3. The zero-order valence-corrected chi connectivity index (χ0v) is 17.6. The van der Waals surface area contributed by atoms with Gasteiger partial charge in [-0.25, -0.2) is 0 Å². The lowest BCUT2D eigenvalue weighted by molar-refractivity contribution is -0.144. The highest BCUT2D eigenvalue weighted by Gasteiger charge is 2.32. The molecule has 4 rings (SSSR count). The van der Waals surface area contributed by atoms with E-state index in [0.29, 0.717) is 40.0 Å². The molecule has 1 atom stereocenters. The van der Waals surface area contributed by atoms with E-state index in [0.717, 1.165) is 5.75 Å². The summed E-state index contributed by atoms with van der Waals surface area (Å²) in [4.78, 5) is 46.1. The van der Waals surface area contributed by atoms with Crippen molar-refractivity contribution in [1.29, 1.82) is 0 Å². The number of ether oxygens (including phenoxy) is 2. The number of hydrogen-bond acceptors (Lipinski definition) is 7. The van der Waals surface area contributed by atoms with Gasteiger partial charge in [-0.1, -0.05) is 6.07 Å². The van der Waals surface area contributed by atoms with Crippen molar-refractivity contribution in [2.24, 2.45) is 10.9 Å². The highest BCUT2D eigenvalue weighted by Crippen LogP contribution is 2.33. The van der Waals surface area contributed by atoms with Crippen molar-refractivity contribution in [3.05, 3.63) is 59.8 Å². The number of aromatic nitrogens is 1. The van der Waals surface area contributed by atoms with Gasteiger partial charge in [0.05, 0.1) is 30.0 Å². The molecule has 1 aliphatic heterocycles. The van der Waals surface area contributed by atoms with Gasteiger partial charge in [0, 0.05) is 29.0 Å². The molecule has 1 unspecified atom stereocenters. The van der Waals surface area contributed by atoms with Crippen molar-refractivity contribution >= 4 is 46.2 Å². The van der Waals surface area contributed by atoms with E-state index in [1.165, 1.54) is 12.4 Å². The number of benzene rings is 2. The lowest BCUT2D eigenvalue weighted by Crippen LogP contribution is -2.29. The molecule has 32 heavy (non-hydrogen) atoms. The van der Waals surface area contributed by atoms with E-state index in [2.05, 4.69) is 15.3 Å². The average molecular weight is 431 g/mol. The minimum Gasteiger partial charge on any atom is -0.494 e. The maximum Gasteiger partial charge on any atom is 0.322 e. The number of anilines is 1. The first-order valence-corrected chi connectivity index (χ1v) is 10.2. The van der Waals surface area contributed by atoms with E-state index in [1.54, 1.807) is 49.4 Å². The SMILES string of the molecule is CCOC(=O)C1C=Nc2c(ccc3cc(C(=O)Nc4ccc(OCC)cc4)cnc23)C1=O. The van der Waals surface area contributed by atoms with Gasteiger partial charge in [-0.3, -0.25) is 24.4 Å². The van der Waals surface area contributed by atoms with Crippen LogP contribution in [-0.4, -0.2) is 42.1 Å². The largest absolute Gasteiger partial charge is 0.494 e. The van der Waals surface area contributed by atoms with Gasteiger partial charge in [-0.2, -0.15) is 0 Å². The minimum atomic E-state index is -1.06. The van der Waals surface area contributed by atoms with Gasteiger partial charge < -0.3 is 14.8 Å². The fraction of sp³-hybridized carbons (Fsp3) is 0.208. The third-order valence-corrected chi connectivity index (χ3v) is 4.95. The Bertz CT molecular complexity index is 1230. The standard InChI is InChI=1S/C24H21N3O5/c1-3-31-17-8-6-16(7-9-17)27-23(29)15-11-14-5-10-18-21(20(14)25-12-15)26-13-19(22(18)28)24(30)32-4-2/h5-13,19H,3-4H2,1-2H3,(H,27,29).